The quantitative estimate of drug-likeness (QED) is 0.841. The van der Waals surface area contributed by atoms with Gasteiger partial charge in [0.2, 0.25) is 5.91 Å². The Labute approximate surface area is 121 Å². The molecule has 2 unspecified atom stereocenters. The van der Waals surface area contributed by atoms with Crippen LogP contribution in [0.3, 0.4) is 0 Å². The van der Waals surface area contributed by atoms with Crippen LogP contribution in [-0.4, -0.2) is 24.6 Å². The van der Waals surface area contributed by atoms with E-state index in [4.69, 9.17) is 10.5 Å². The van der Waals surface area contributed by atoms with Gasteiger partial charge in [-0.3, -0.25) is 4.79 Å². The molecule has 0 heterocycles. The number of hydrogen-bond donors (Lipinski definition) is 2. The normalized spacial score (nSPS) is 13.1. The minimum atomic E-state index is -0.116. The first kappa shape index (κ1) is 17.7. The number of ether oxygens (including phenoxy) is 1. The maximum absolute atomic E-state index is 11.5. The van der Waals surface area contributed by atoms with Crippen molar-refractivity contribution in [2.45, 2.75) is 39.3 Å². The molecule has 1 amide bonds. The fourth-order valence-electron chi connectivity index (χ4n) is 1.59. The zero-order chi connectivity index (χ0) is 13.5. The molecule has 0 bridgehead atoms. The van der Waals surface area contributed by atoms with E-state index in [0.29, 0.717) is 13.0 Å². The van der Waals surface area contributed by atoms with E-state index in [0.717, 1.165) is 11.3 Å². The van der Waals surface area contributed by atoms with Gasteiger partial charge in [-0.05, 0) is 38.5 Å². The maximum atomic E-state index is 11.5. The summed E-state index contributed by atoms with van der Waals surface area (Å²) in [6, 6.07) is 7.69. The van der Waals surface area contributed by atoms with Crippen molar-refractivity contribution >= 4 is 18.3 Å². The molecule has 3 N–H and O–H groups in total. The summed E-state index contributed by atoms with van der Waals surface area (Å²) < 4.78 is 5.61. The smallest absolute Gasteiger partial charge is 0.221 e. The van der Waals surface area contributed by atoms with E-state index in [2.05, 4.69) is 5.32 Å². The molecule has 0 aromatic heterocycles. The Bertz CT molecular complexity index is 397. The minimum Gasteiger partial charge on any atom is -0.491 e. The third-order valence-corrected chi connectivity index (χ3v) is 2.40. The van der Waals surface area contributed by atoms with Crippen LogP contribution in [0.1, 0.15) is 25.8 Å². The van der Waals surface area contributed by atoms with E-state index in [1.54, 1.807) is 0 Å². The third kappa shape index (κ3) is 7.70. The Morgan fingerprint density at radius 3 is 2.68 bits per heavy atom. The van der Waals surface area contributed by atoms with E-state index in [-0.39, 0.29) is 30.4 Å². The van der Waals surface area contributed by atoms with Gasteiger partial charge in [-0.1, -0.05) is 12.1 Å². The molecular weight excluding hydrogens is 264 g/mol. The highest BCUT2D eigenvalue weighted by Crippen LogP contribution is 2.12. The van der Waals surface area contributed by atoms with Gasteiger partial charge in [0.1, 0.15) is 12.4 Å². The fourth-order valence-corrected chi connectivity index (χ4v) is 1.59. The second kappa shape index (κ2) is 8.77. The Hall–Kier alpha value is -1.26. The molecule has 19 heavy (non-hydrogen) atoms. The lowest BCUT2D eigenvalue weighted by Crippen LogP contribution is -2.39. The largest absolute Gasteiger partial charge is 0.491 e. The van der Waals surface area contributed by atoms with E-state index in [1.165, 1.54) is 0 Å². The number of hydrogen-bond acceptors (Lipinski definition) is 3. The van der Waals surface area contributed by atoms with E-state index >= 15 is 0 Å². The zero-order valence-corrected chi connectivity index (χ0v) is 12.5. The number of amides is 1. The molecule has 0 fully saturated rings. The minimum absolute atomic E-state index is 0. The molecule has 1 aromatic rings. The van der Waals surface area contributed by atoms with Crippen molar-refractivity contribution in [3.63, 3.8) is 0 Å². The summed E-state index contributed by atoms with van der Waals surface area (Å²) in [5, 5.41) is 2.85. The highest BCUT2D eigenvalue weighted by atomic mass is 35.5. The predicted molar refractivity (Wildman–Crippen MR) is 79.8 cm³/mol. The number of carbonyl (C=O) groups is 1. The first-order valence-corrected chi connectivity index (χ1v) is 6.22. The molecule has 0 aliphatic rings. The first-order valence-electron chi connectivity index (χ1n) is 6.22. The summed E-state index contributed by atoms with van der Waals surface area (Å²) in [4.78, 5) is 11.5. The molecule has 0 aliphatic carbocycles. The maximum Gasteiger partial charge on any atom is 0.221 e. The third-order valence-electron chi connectivity index (χ3n) is 2.40. The molecular formula is C14H23ClN2O2. The second-order valence-corrected chi connectivity index (χ2v) is 4.78. The molecule has 0 radical (unpaired) electrons. The van der Waals surface area contributed by atoms with Crippen LogP contribution in [0.25, 0.3) is 0 Å². The average Bonchev–Trinajstić information content (AvgIpc) is 2.25. The fraction of sp³-hybridized carbons (Fsp3) is 0.500. The van der Waals surface area contributed by atoms with Crippen LogP contribution in [0.4, 0.5) is 0 Å². The molecule has 0 saturated carbocycles. The topological polar surface area (TPSA) is 64.3 Å². The van der Waals surface area contributed by atoms with Crippen molar-refractivity contribution in [1.82, 2.24) is 5.32 Å². The van der Waals surface area contributed by atoms with Crippen LogP contribution in [-0.2, 0) is 4.79 Å². The Morgan fingerprint density at radius 1 is 1.42 bits per heavy atom. The number of rotatable bonds is 6. The Balaban J connectivity index is 0.00000324. The lowest BCUT2D eigenvalue weighted by atomic mass is 10.2. The van der Waals surface area contributed by atoms with Gasteiger partial charge >= 0.3 is 0 Å². The van der Waals surface area contributed by atoms with Gasteiger partial charge in [0.25, 0.3) is 0 Å². The highest BCUT2D eigenvalue weighted by molar-refractivity contribution is 5.85. The first-order chi connectivity index (χ1) is 8.47. The van der Waals surface area contributed by atoms with Crippen LogP contribution in [0.15, 0.2) is 24.3 Å². The Morgan fingerprint density at radius 2 is 2.11 bits per heavy atom. The van der Waals surface area contributed by atoms with Crippen LogP contribution < -0.4 is 15.8 Å². The molecule has 2 atom stereocenters. The number of halogens is 1. The highest BCUT2D eigenvalue weighted by Gasteiger charge is 2.09. The molecule has 5 heteroatoms. The zero-order valence-electron chi connectivity index (χ0n) is 11.7. The van der Waals surface area contributed by atoms with Gasteiger partial charge in [-0.15, -0.1) is 12.4 Å². The van der Waals surface area contributed by atoms with Crippen molar-refractivity contribution in [1.29, 1.82) is 0 Å². The van der Waals surface area contributed by atoms with Crippen molar-refractivity contribution in [2.24, 2.45) is 5.73 Å². The molecule has 4 nitrogen and oxygen atoms in total. The van der Waals surface area contributed by atoms with Crippen molar-refractivity contribution < 1.29 is 9.53 Å². The summed E-state index contributed by atoms with van der Waals surface area (Å²) in [7, 11) is 0. The average molecular weight is 287 g/mol. The van der Waals surface area contributed by atoms with Gasteiger partial charge < -0.3 is 15.8 Å². The molecule has 0 spiro atoms. The predicted octanol–water partition coefficient (Wildman–Crippen LogP) is 2.04. The van der Waals surface area contributed by atoms with E-state index in [9.17, 15) is 4.79 Å². The summed E-state index contributed by atoms with van der Waals surface area (Å²) >= 11 is 0. The van der Waals surface area contributed by atoms with Crippen molar-refractivity contribution in [3.05, 3.63) is 29.8 Å². The monoisotopic (exact) mass is 286 g/mol. The number of carbonyl (C=O) groups excluding carboxylic acids is 1. The number of benzene rings is 1. The molecule has 0 saturated heterocycles. The standard InChI is InChI=1S/C14H22N2O2.ClH/c1-10-5-4-6-13(7-10)18-9-12(3)16-14(17)8-11(2)15;/h4-7,11-12H,8-9,15H2,1-3H3,(H,16,17);1H. The summed E-state index contributed by atoms with van der Waals surface area (Å²) in [5.41, 5.74) is 6.71. The molecule has 108 valence electrons. The number of nitrogens with one attached hydrogen (secondary N) is 1. The summed E-state index contributed by atoms with van der Waals surface area (Å²) in [6.07, 6.45) is 0.342. The van der Waals surface area contributed by atoms with Gasteiger partial charge in [0.15, 0.2) is 0 Å². The Kier molecular flexibility index (Phi) is 8.19. The number of aryl methyl sites for hydroxylation is 1. The molecule has 0 aliphatic heterocycles. The van der Waals surface area contributed by atoms with Gasteiger partial charge in [-0.25, -0.2) is 0 Å². The van der Waals surface area contributed by atoms with Crippen LogP contribution in [0, 0.1) is 6.92 Å². The number of nitrogens with two attached hydrogens (primary N) is 1. The lowest BCUT2D eigenvalue weighted by molar-refractivity contribution is -0.122. The van der Waals surface area contributed by atoms with E-state index in [1.807, 2.05) is 45.0 Å². The molecule has 1 rings (SSSR count). The van der Waals surface area contributed by atoms with Crippen LogP contribution >= 0.6 is 12.4 Å². The van der Waals surface area contributed by atoms with Gasteiger partial charge in [0, 0.05) is 12.5 Å². The van der Waals surface area contributed by atoms with Crippen LogP contribution in [0.2, 0.25) is 0 Å². The second-order valence-electron chi connectivity index (χ2n) is 4.78. The molecule has 1 aromatic carbocycles. The van der Waals surface area contributed by atoms with Crippen LogP contribution in [0.5, 0.6) is 5.75 Å². The summed E-state index contributed by atoms with van der Waals surface area (Å²) in [6.45, 7) is 6.19. The SMILES string of the molecule is Cc1cccc(OCC(C)NC(=O)CC(C)N)c1.Cl. The van der Waals surface area contributed by atoms with Crippen molar-refractivity contribution in [3.8, 4) is 5.75 Å². The van der Waals surface area contributed by atoms with Gasteiger partial charge in [0.05, 0.1) is 6.04 Å². The van der Waals surface area contributed by atoms with Gasteiger partial charge in [-0.2, -0.15) is 0 Å². The lowest BCUT2D eigenvalue weighted by Gasteiger charge is -2.16. The summed E-state index contributed by atoms with van der Waals surface area (Å²) in [5.74, 6) is 0.786. The van der Waals surface area contributed by atoms with E-state index < -0.39 is 0 Å². The van der Waals surface area contributed by atoms with Crippen molar-refractivity contribution in [2.75, 3.05) is 6.61 Å².